The van der Waals surface area contributed by atoms with E-state index in [1.54, 1.807) is 16.8 Å². The van der Waals surface area contributed by atoms with Crippen LogP contribution in [0.2, 0.25) is 0 Å². The van der Waals surface area contributed by atoms with Gasteiger partial charge in [-0.3, -0.25) is 9.48 Å². The van der Waals surface area contributed by atoms with Crippen molar-refractivity contribution in [3.8, 4) is 28.3 Å². The molecule has 0 amide bonds. The molecule has 1 heterocycles. The standard InChI is InChI=1S/C19H17FN2O2/c1-13(23)12-22-18(14-6-4-3-5-7-14)11-17(21-22)15-8-9-16(20)19(10-15)24-2/h3-11H,12H2,1-2H3. The molecule has 3 rings (SSSR count). The lowest BCUT2D eigenvalue weighted by Gasteiger charge is -2.05. The maximum absolute atomic E-state index is 13.6. The average molecular weight is 324 g/mol. The molecule has 5 heteroatoms. The number of carbonyl (C=O) groups is 1. The Balaban J connectivity index is 2.10. The molecule has 0 aliphatic rings. The fourth-order valence-corrected chi connectivity index (χ4v) is 2.55. The van der Waals surface area contributed by atoms with E-state index in [4.69, 9.17) is 4.74 Å². The van der Waals surface area contributed by atoms with Crippen LogP contribution in [-0.2, 0) is 11.3 Å². The number of halogens is 1. The van der Waals surface area contributed by atoms with Gasteiger partial charge in [-0.1, -0.05) is 30.3 Å². The summed E-state index contributed by atoms with van der Waals surface area (Å²) < 4.78 is 20.3. The van der Waals surface area contributed by atoms with Gasteiger partial charge in [-0.05, 0) is 36.8 Å². The minimum absolute atomic E-state index is 0.0125. The number of carbonyl (C=O) groups excluding carboxylic acids is 1. The highest BCUT2D eigenvalue weighted by molar-refractivity contribution is 5.77. The maximum Gasteiger partial charge on any atom is 0.165 e. The molecule has 0 radical (unpaired) electrons. The number of ether oxygens (including phenoxy) is 1. The number of ketones is 1. The first-order valence-corrected chi connectivity index (χ1v) is 7.55. The average Bonchev–Trinajstić information content (AvgIpc) is 2.99. The Bertz CT molecular complexity index is 872. The highest BCUT2D eigenvalue weighted by Gasteiger charge is 2.14. The lowest BCUT2D eigenvalue weighted by Crippen LogP contribution is -2.09. The fraction of sp³-hybridized carbons (Fsp3) is 0.158. The van der Waals surface area contributed by atoms with E-state index in [0.717, 1.165) is 16.8 Å². The minimum atomic E-state index is -0.423. The molecule has 0 saturated carbocycles. The predicted molar refractivity (Wildman–Crippen MR) is 90.3 cm³/mol. The SMILES string of the molecule is COc1cc(-c2cc(-c3ccccc3)n(CC(C)=O)n2)ccc1F. The first kappa shape index (κ1) is 15.9. The van der Waals surface area contributed by atoms with Crippen molar-refractivity contribution >= 4 is 5.78 Å². The van der Waals surface area contributed by atoms with Gasteiger partial charge in [-0.15, -0.1) is 0 Å². The van der Waals surface area contributed by atoms with Crippen molar-refractivity contribution in [2.45, 2.75) is 13.5 Å². The molecule has 0 spiro atoms. The van der Waals surface area contributed by atoms with E-state index in [2.05, 4.69) is 5.10 Å². The van der Waals surface area contributed by atoms with Crippen molar-refractivity contribution in [2.24, 2.45) is 0 Å². The largest absolute Gasteiger partial charge is 0.494 e. The zero-order valence-corrected chi connectivity index (χ0v) is 13.5. The molecule has 0 fully saturated rings. The molecule has 0 N–H and O–H groups in total. The summed E-state index contributed by atoms with van der Waals surface area (Å²) in [6.07, 6.45) is 0. The normalized spacial score (nSPS) is 10.6. The Hall–Kier alpha value is -2.95. The van der Waals surface area contributed by atoms with Gasteiger partial charge in [0.25, 0.3) is 0 Å². The Kier molecular flexibility index (Phi) is 4.42. The van der Waals surface area contributed by atoms with Crippen molar-refractivity contribution in [2.75, 3.05) is 7.11 Å². The Morgan fingerprint density at radius 3 is 2.54 bits per heavy atom. The quantitative estimate of drug-likeness (QED) is 0.714. The van der Waals surface area contributed by atoms with Crippen LogP contribution in [0.5, 0.6) is 5.75 Å². The van der Waals surface area contributed by atoms with Gasteiger partial charge in [0.05, 0.1) is 25.0 Å². The monoisotopic (exact) mass is 324 g/mol. The summed E-state index contributed by atoms with van der Waals surface area (Å²) in [4.78, 5) is 11.6. The van der Waals surface area contributed by atoms with Crippen LogP contribution in [-0.4, -0.2) is 22.7 Å². The third kappa shape index (κ3) is 3.20. The van der Waals surface area contributed by atoms with E-state index >= 15 is 0 Å². The molecular weight excluding hydrogens is 307 g/mol. The van der Waals surface area contributed by atoms with Crippen LogP contribution in [0.25, 0.3) is 22.5 Å². The molecular formula is C19H17FN2O2. The zero-order valence-electron chi connectivity index (χ0n) is 13.5. The molecule has 122 valence electrons. The van der Waals surface area contributed by atoms with Crippen LogP contribution in [0, 0.1) is 5.82 Å². The number of hydrogen-bond acceptors (Lipinski definition) is 3. The molecule has 0 unspecified atom stereocenters. The van der Waals surface area contributed by atoms with Gasteiger partial charge in [0.1, 0.15) is 0 Å². The molecule has 1 aromatic heterocycles. The van der Waals surface area contributed by atoms with Gasteiger partial charge in [0, 0.05) is 5.56 Å². The van der Waals surface area contributed by atoms with Crippen molar-refractivity contribution in [3.63, 3.8) is 0 Å². The van der Waals surface area contributed by atoms with E-state index < -0.39 is 5.82 Å². The summed E-state index contributed by atoms with van der Waals surface area (Å²) in [6, 6.07) is 16.2. The van der Waals surface area contributed by atoms with Crippen LogP contribution in [0.1, 0.15) is 6.92 Å². The molecule has 0 atom stereocenters. The summed E-state index contributed by atoms with van der Waals surface area (Å²) in [5, 5.41) is 4.52. The lowest BCUT2D eigenvalue weighted by molar-refractivity contribution is -0.117. The van der Waals surface area contributed by atoms with Gasteiger partial charge in [-0.2, -0.15) is 5.10 Å². The first-order chi connectivity index (χ1) is 11.6. The molecule has 0 aliphatic carbocycles. The van der Waals surface area contributed by atoms with Crippen LogP contribution >= 0.6 is 0 Å². The number of hydrogen-bond donors (Lipinski definition) is 0. The van der Waals surface area contributed by atoms with Crippen molar-refractivity contribution < 1.29 is 13.9 Å². The van der Waals surface area contributed by atoms with Crippen molar-refractivity contribution in [1.29, 1.82) is 0 Å². The van der Waals surface area contributed by atoms with Crippen LogP contribution in [0.15, 0.2) is 54.6 Å². The number of Topliss-reactive ketones (excluding diaryl/α,β-unsaturated/α-hetero) is 1. The highest BCUT2D eigenvalue weighted by atomic mass is 19.1. The molecule has 2 aromatic carbocycles. The Labute approximate surface area is 139 Å². The van der Waals surface area contributed by atoms with Gasteiger partial charge in [0.15, 0.2) is 17.3 Å². The summed E-state index contributed by atoms with van der Waals surface area (Å²) in [6.45, 7) is 1.71. The predicted octanol–water partition coefficient (Wildman–Crippen LogP) is 3.95. The van der Waals surface area contributed by atoms with Crippen LogP contribution in [0.4, 0.5) is 4.39 Å². The van der Waals surface area contributed by atoms with Crippen LogP contribution < -0.4 is 4.74 Å². The summed E-state index contributed by atoms with van der Waals surface area (Å²) in [5.41, 5.74) is 3.19. The zero-order chi connectivity index (χ0) is 17.1. The van der Waals surface area contributed by atoms with E-state index in [0.29, 0.717) is 5.69 Å². The Morgan fingerprint density at radius 1 is 1.12 bits per heavy atom. The number of rotatable bonds is 5. The fourth-order valence-electron chi connectivity index (χ4n) is 2.55. The molecule has 4 nitrogen and oxygen atoms in total. The molecule has 0 aliphatic heterocycles. The highest BCUT2D eigenvalue weighted by Crippen LogP contribution is 2.29. The summed E-state index contributed by atoms with van der Waals surface area (Å²) in [5.74, 6) is -0.249. The first-order valence-electron chi connectivity index (χ1n) is 7.55. The number of aromatic nitrogens is 2. The van der Waals surface area contributed by atoms with Gasteiger partial charge in [0.2, 0.25) is 0 Å². The van der Waals surface area contributed by atoms with Crippen LogP contribution in [0.3, 0.4) is 0 Å². The van der Waals surface area contributed by atoms with Gasteiger partial charge >= 0.3 is 0 Å². The number of nitrogens with zero attached hydrogens (tertiary/aromatic N) is 2. The molecule has 0 bridgehead atoms. The third-order valence-corrected chi connectivity index (χ3v) is 3.67. The minimum Gasteiger partial charge on any atom is -0.494 e. The smallest absolute Gasteiger partial charge is 0.165 e. The van der Waals surface area contributed by atoms with Crippen molar-refractivity contribution in [1.82, 2.24) is 9.78 Å². The number of benzene rings is 2. The van der Waals surface area contributed by atoms with E-state index in [1.807, 2.05) is 36.4 Å². The van der Waals surface area contributed by atoms with Gasteiger partial charge in [-0.25, -0.2) is 4.39 Å². The Morgan fingerprint density at radius 2 is 1.88 bits per heavy atom. The van der Waals surface area contributed by atoms with E-state index in [-0.39, 0.29) is 18.1 Å². The third-order valence-electron chi connectivity index (χ3n) is 3.67. The molecule has 24 heavy (non-hydrogen) atoms. The second kappa shape index (κ2) is 6.66. The van der Waals surface area contributed by atoms with Crippen molar-refractivity contribution in [3.05, 3.63) is 60.4 Å². The topological polar surface area (TPSA) is 44.1 Å². The summed E-state index contributed by atoms with van der Waals surface area (Å²) in [7, 11) is 1.42. The number of methoxy groups -OCH3 is 1. The van der Waals surface area contributed by atoms with E-state index in [9.17, 15) is 9.18 Å². The second-order valence-corrected chi connectivity index (χ2v) is 5.49. The maximum atomic E-state index is 13.6. The second-order valence-electron chi connectivity index (χ2n) is 5.49. The molecule has 3 aromatic rings. The van der Waals surface area contributed by atoms with Gasteiger partial charge < -0.3 is 4.74 Å². The lowest BCUT2D eigenvalue weighted by atomic mass is 10.1. The van der Waals surface area contributed by atoms with E-state index in [1.165, 1.54) is 20.1 Å². The summed E-state index contributed by atoms with van der Waals surface area (Å²) >= 11 is 0. The molecule has 0 saturated heterocycles.